The van der Waals surface area contributed by atoms with Crippen LogP contribution >= 0.6 is 0 Å². The summed E-state index contributed by atoms with van der Waals surface area (Å²) in [4.78, 5) is 14.4. The minimum absolute atomic E-state index is 0.105. The Morgan fingerprint density at radius 2 is 1.67 bits per heavy atom. The highest BCUT2D eigenvalue weighted by molar-refractivity contribution is 5.94. The molecule has 0 saturated carbocycles. The molecule has 1 aliphatic heterocycles. The van der Waals surface area contributed by atoms with E-state index in [9.17, 15) is 4.79 Å². The molecule has 0 aromatic heterocycles. The molecule has 0 saturated heterocycles. The summed E-state index contributed by atoms with van der Waals surface area (Å²) in [5.41, 5.74) is 4.34. The van der Waals surface area contributed by atoms with Crippen molar-refractivity contribution >= 4 is 11.6 Å². The van der Waals surface area contributed by atoms with Crippen LogP contribution in [0.5, 0.6) is 0 Å². The van der Waals surface area contributed by atoms with Crippen LogP contribution in [0.2, 0.25) is 0 Å². The molecule has 0 spiro atoms. The second-order valence-electron chi connectivity index (χ2n) is 5.43. The van der Waals surface area contributed by atoms with Crippen molar-refractivity contribution in [3.8, 4) is 0 Å². The van der Waals surface area contributed by atoms with Gasteiger partial charge in [-0.1, -0.05) is 31.2 Å². The number of carbonyl (C=O) groups is 1. The van der Waals surface area contributed by atoms with Gasteiger partial charge in [-0.2, -0.15) is 0 Å². The number of benzene rings is 2. The van der Waals surface area contributed by atoms with E-state index in [-0.39, 0.29) is 5.91 Å². The van der Waals surface area contributed by atoms with Crippen molar-refractivity contribution in [3.63, 3.8) is 0 Å². The molecule has 1 heterocycles. The molecule has 0 atom stereocenters. The summed E-state index contributed by atoms with van der Waals surface area (Å²) in [6.07, 6.45) is 1.09. The van der Waals surface area contributed by atoms with Crippen LogP contribution < -0.4 is 5.32 Å². The van der Waals surface area contributed by atoms with E-state index in [1.54, 1.807) is 0 Å². The molecule has 1 amide bonds. The molecular weight excluding hydrogens is 260 g/mol. The lowest BCUT2D eigenvalue weighted by atomic mass is 10.1. The van der Waals surface area contributed by atoms with Crippen LogP contribution in [0.15, 0.2) is 48.5 Å². The van der Waals surface area contributed by atoms with E-state index in [1.807, 2.05) is 41.3 Å². The third kappa shape index (κ3) is 2.92. The molecule has 3 heteroatoms. The van der Waals surface area contributed by atoms with Gasteiger partial charge in [0.05, 0.1) is 0 Å². The topological polar surface area (TPSA) is 32.3 Å². The summed E-state index contributed by atoms with van der Waals surface area (Å²) in [5, 5.41) is 3.32. The maximum absolute atomic E-state index is 12.5. The van der Waals surface area contributed by atoms with Crippen LogP contribution in [-0.2, 0) is 13.1 Å². The monoisotopic (exact) mass is 280 g/mol. The number of amides is 1. The van der Waals surface area contributed by atoms with Gasteiger partial charge in [0.25, 0.3) is 5.91 Å². The summed E-state index contributed by atoms with van der Waals surface area (Å²) in [6, 6.07) is 16.0. The molecule has 0 bridgehead atoms. The first-order chi connectivity index (χ1) is 10.3. The zero-order valence-electron chi connectivity index (χ0n) is 12.3. The van der Waals surface area contributed by atoms with Crippen molar-refractivity contribution in [1.29, 1.82) is 0 Å². The Balaban J connectivity index is 1.69. The van der Waals surface area contributed by atoms with Crippen LogP contribution in [-0.4, -0.2) is 17.4 Å². The number of anilines is 1. The van der Waals surface area contributed by atoms with Crippen molar-refractivity contribution in [2.75, 3.05) is 11.9 Å². The first kappa shape index (κ1) is 13.7. The quantitative estimate of drug-likeness (QED) is 0.927. The third-order valence-electron chi connectivity index (χ3n) is 3.84. The van der Waals surface area contributed by atoms with Gasteiger partial charge in [-0.3, -0.25) is 4.79 Å². The van der Waals surface area contributed by atoms with Crippen LogP contribution in [0.25, 0.3) is 0 Å². The number of hydrogen-bond acceptors (Lipinski definition) is 2. The van der Waals surface area contributed by atoms with Gasteiger partial charge in [-0.05, 0) is 41.8 Å². The largest absolute Gasteiger partial charge is 0.385 e. The fraction of sp³-hybridized carbons (Fsp3) is 0.278. The zero-order chi connectivity index (χ0) is 14.7. The molecule has 0 unspecified atom stereocenters. The number of rotatable bonds is 4. The summed E-state index contributed by atoms with van der Waals surface area (Å²) in [5.74, 6) is 0.105. The van der Waals surface area contributed by atoms with Gasteiger partial charge in [0, 0.05) is 30.9 Å². The highest BCUT2D eigenvalue weighted by atomic mass is 16.2. The van der Waals surface area contributed by atoms with Gasteiger partial charge in [0.1, 0.15) is 0 Å². The number of carbonyl (C=O) groups excluding carboxylic acids is 1. The molecule has 3 rings (SSSR count). The Bertz CT molecular complexity index is 609. The Morgan fingerprint density at radius 3 is 2.24 bits per heavy atom. The fourth-order valence-electron chi connectivity index (χ4n) is 2.66. The van der Waals surface area contributed by atoms with Gasteiger partial charge in [0.15, 0.2) is 0 Å². The third-order valence-corrected chi connectivity index (χ3v) is 3.84. The highest BCUT2D eigenvalue weighted by Crippen LogP contribution is 2.24. The van der Waals surface area contributed by atoms with Gasteiger partial charge in [-0.15, -0.1) is 0 Å². The SMILES string of the molecule is CCCNc1ccc(C(=O)N2Cc3ccccc3C2)cc1. The highest BCUT2D eigenvalue weighted by Gasteiger charge is 2.23. The molecule has 2 aromatic carbocycles. The minimum atomic E-state index is 0.105. The molecule has 21 heavy (non-hydrogen) atoms. The summed E-state index contributed by atoms with van der Waals surface area (Å²) in [6.45, 7) is 4.51. The molecule has 0 aliphatic carbocycles. The standard InChI is InChI=1S/C18H20N2O/c1-2-11-19-17-9-7-14(8-10-17)18(21)20-12-15-5-3-4-6-16(15)13-20/h3-10,19H,2,11-13H2,1H3. The maximum atomic E-state index is 12.5. The van der Waals surface area contributed by atoms with Crippen LogP contribution in [0.4, 0.5) is 5.69 Å². The van der Waals surface area contributed by atoms with Gasteiger partial charge < -0.3 is 10.2 Å². The fourth-order valence-corrected chi connectivity index (χ4v) is 2.66. The predicted octanol–water partition coefficient (Wildman–Crippen LogP) is 3.66. The summed E-state index contributed by atoms with van der Waals surface area (Å²) in [7, 11) is 0. The minimum Gasteiger partial charge on any atom is -0.385 e. The van der Waals surface area contributed by atoms with Crippen molar-refractivity contribution in [2.45, 2.75) is 26.4 Å². The van der Waals surface area contributed by atoms with E-state index in [0.29, 0.717) is 13.1 Å². The second-order valence-corrected chi connectivity index (χ2v) is 5.43. The van der Waals surface area contributed by atoms with E-state index in [2.05, 4.69) is 24.4 Å². The van der Waals surface area contributed by atoms with Crippen LogP contribution in [0.3, 0.4) is 0 Å². The van der Waals surface area contributed by atoms with E-state index >= 15 is 0 Å². The predicted molar refractivity (Wildman–Crippen MR) is 85.2 cm³/mol. The van der Waals surface area contributed by atoms with Crippen molar-refractivity contribution in [3.05, 3.63) is 65.2 Å². The Labute approximate surface area is 125 Å². The molecule has 2 aromatic rings. The summed E-state index contributed by atoms with van der Waals surface area (Å²) >= 11 is 0. The Hall–Kier alpha value is -2.29. The number of hydrogen-bond donors (Lipinski definition) is 1. The Morgan fingerprint density at radius 1 is 1.05 bits per heavy atom. The lowest BCUT2D eigenvalue weighted by molar-refractivity contribution is 0.0751. The summed E-state index contributed by atoms with van der Waals surface area (Å²) < 4.78 is 0. The number of nitrogens with zero attached hydrogens (tertiary/aromatic N) is 1. The lowest BCUT2D eigenvalue weighted by Crippen LogP contribution is -2.25. The van der Waals surface area contributed by atoms with Gasteiger partial charge in [-0.25, -0.2) is 0 Å². The van der Waals surface area contributed by atoms with E-state index in [4.69, 9.17) is 0 Å². The van der Waals surface area contributed by atoms with E-state index in [1.165, 1.54) is 11.1 Å². The van der Waals surface area contributed by atoms with Gasteiger partial charge >= 0.3 is 0 Å². The lowest BCUT2D eigenvalue weighted by Gasteiger charge is -2.15. The molecule has 1 aliphatic rings. The first-order valence-electron chi connectivity index (χ1n) is 7.48. The van der Waals surface area contributed by atoms with Crippen molar-refractivity contribution in [2.24, 2.45) is 0 Å². The molecule has 1 N–H and O–H groups in total. The Kier molecular flexibility index (Phi) is 3.91. The number of nitrogens with one attached hydrogen (secondary N) is 1. The normalized spacial score (nSPS) is 13.1. The second kappa shape index (κ2) is 6.00. The molecule has 108 valence electrons. The first-order valence-corrected chi connectivity index (χ1v) is 7.48. The van der Waals surface area contributed by atoms with Crippen LogP contribution in [0, 0.1) is 0 Å². The van der Waals surface area contributed by atoms with Crippen LogP contribution in [0.1, 0.15) is 34.8 Å². The molecule has 0 radical (unpaired) electrons. The van der Waals surface area contributed by atoms with E-state index in [0.717, 1.165) is 24.2 Å². The smallest absolute Gasteiger partial charge is 0.254 e. The number of fused-ring (bicyclic) bond motifs is 1. The zero-order valence-corrected chi connectivity index (χ0v) is 12.3. The molecule has 0 fully saturated rings. The average Bonchev–Trinajstić information content (AvgIpc) is 2.96. The van der Waals surface area contributed by atoms with Crippen molar-refractivity contribution < 1.29 is 4.79 Å². The average molecular weight is 280 g/mol. The van der Waals surface area contributed by atoms with Gasteiger partial charge in [0.2, 0.25) is 0 Å². The molecule has 3 nitrogen and oxygen atoms in total. The maximum Gasteiger partial charge on any atom is 0.254 e. The molecular formula is C18H20N2O. The van der Waals surface area contributed by atoms with Crippen molar-refractivity contribution in [1.82, 2.24) is 4.90 Å². The van der Waals surface area contributed by atoms with E-state index < -0.39 is 0 Å².